The molecule has 25 heavy (non-hydrogen) atoms. The van der Waals surface area contributed by atoms with Gasteiger partial charge in [0, 0.05) is 24.8 Å². The van der Waals surface area contributed by atoms with Crippen LogP contribution in [0.5, 0.6) is 0 Å². The number of rotatable bonds is 5. The van der Waals surface area contributed by atoms with E-state index in [-0.39, 0.29) is 6.03 Å². The molecule has 1 saturated carbocycles. The number of nitrogens with zero attached hydrogens (tertiary/aromatic N) is 4. The van der Waals surface area contributed by atoms with Gasteiger partial charge in [-0.25, -0.2) is 9.48 Å². The van der Waals surface area contributed by atoms with Gasteiger partial charge >= 0.3 is 6.03 Å². The second-order valence-electron chi connectivity index (χ2n) is 6.83. The fourth-order valence-electron chi connectivity index (χ4n) is 3.43. The number of hydrogen-bond acceptors (Lipinski definition) is 4. The predicted octanol–water partition coefficient (Wildman–Crippen LogP) is 3.22. The van der Waals surface area contributed by atoms with Crippen LogP contribution < -0.4 is 10.6 Å². The second-order valence-corrected chi connectivity index (χ2v) is 6.83. The van der Waals surface area contributed by atoms with Crippen molar-refractivity contribution in [2.75, 3.05) is 11.9 Å². The van der Waals surface area contributed by atoms with Crippen LogP contribution in [0.2, 0.25) is 0 Å². The molecule has 2 N–H and O–H groups in total. The largest absolute Gasteiger partial charge is 0.338 e. The maximum atomic E-state index is 12.1. The van der Waals surface area contributed by atoms with E-state index in [4.69, 9.17) is 0 Å². The van der Waals surface area contributed by atoms with Crippen molar-refractivity contribution in [2.45, 2.75) is 39.0 Å². The predicted molar refractivity (Wildman–Crippen MR) is 97.0 cm³/mol. The highest BCUT2D eigenvalue weighted by atomic mass is 16.2. The molecule has 2 aromatic rings. The number of benzene rings is 1. The number of nitrogens with one attached hydrogen (secondary N) is 2. The topological polar surface area (TPSA) is 84.7 Å². The van der Waals surface area contributed by atoms with Crippen LogP contribution in [0.1, 0.15) is 39.0 Å². The van der Waals surface area contributed by atoms with Gasteiger partial charge in [0.1, 0.15) is 0 Å². The Kier molecular flexibility index (Phi) is 5.63. The normalized spacial score (nSPS) is 20.2. The molecule has 0 atom stereocenters. The Hall–Kier alpha value is -2.44. The Morgan fingerprint density at radius 1 is 1.16 bits per heavy atom. The molecule has 1 aliphatic rings. The summed E-state index contributed by atoms with van der Waals surface area (Å²) < 4.78 is 1.61. The summed E-state index contributed by atoms with van der Waals surface area (Å²) in [5.74, 6) is 2.19. The van der Waals surface area contributed by atoms with E-state index < -0.39 is 0 Å². The first kappa shape index (κ1) is 17.4. The van der Waals surface area contributed by atoms with Crippen molar-refractivity contribution in [3.63, 3.8) is 0 Å². The van der Waals surface area contributed by atoms with Gasteiger partial charge in [-0.15, -0.1) is 5.10 Å². The lowest BCUT2D eigenvalue weighted by atomic mass is 9.81. The highest BCUT2D eigenvalue weighted by Gasteiger charge is 2.20. The standard InChI is InChI=1S/C18H26N6O/c1-3-13-4-6-14(7-5-13)12-19-18(25)20-16-10-8-15(9-11-16)17-21-22-23-24(17)2/h8-11,13-14H,3-7,12H2,1-2H3,(H2,19,20,25). The average molecular weight is 342 g/mol. The molecule has 7 nitrogen and oxygen atoms in total. The first-order chi connectivity index (χ1) is 12.2. The average Bonchev–Trinajstić information content (AvgIpc) is 3.07. The summed E-state index contributed by atoms with van der Waals surface area (Å²) >= 11 is 0. The van der Waals surface area contributed by atoms with Gasteiger partial charge in [0.2, 0.25) is 0 Å². The Balaban J connectivity index is 1.46. The maximum Gasteiger partial charge on any atom is 0.319 e. The molecule has 0 saturated heterocycles. The molecular weight excluding hydrogens is 316 g/mol. The van der Waals surface area contributed by atoms with Crippen LogP contribution in [-0.2, 0) is 7.05 Å². The van der Waals surface area contributed by atoms with E-state index in [9.17, 15) is 4.79 Å². The summed E-state index contributed by atoms with van der Waals surface area (Å²) in [6.07, 6.45) is 6.31. The number of amides is 2. The number of anilines is 1. The van der Waals surface area contributed by atoms with Crippen LogP contribution >= 0.6 is 0 Å². The molecule has 0 aliphatic heterocycles. The second kappa shape index (κ2) is 8.09. The van der Waals surface area contributed by atoms with Crippen LogP contribution in [0, 0.1) is 11.8 Å². The van der Waals surface area contributed by atoms with E-state index in [0.29, 0.717) is 11.7 Å². The van der Waals surface area contributed by atoms with Crippen molar-refractivity contribution in [3.8, 4) is 11.4 Å². The molecule has 0 unspecified atom stereocenters. The first-order valence-corrected chi connectivity index (χ1v) is 9.03. The molecule has 1 aliphatic carbocycles. The van der Waals surface area contributed by atoms with E-state index in [1.54, 1.807) is 11.7 Å². The van der Waals surface area contributed by atoms with Crippen molar-refractivity contribution >= 4 is 11.7 Å². The summed E-state index contributed by atoms with van der Waals surface area (Å²) in [4.78, 5) is 12.1. The van der Waals surface area contributed by atoms with Gasteiger partial charge in [0.25, 0.3) is 0 Å². The number of carbonyl (C=O) groups is 1. The smallest absolute Gasteiger partial charge is 0.319 e. The fourth-order valence-corrected chi connectivity index (χ4v) is 3.43. The molecule has 2 amide bonds. The lowest BCUT2D eigenvalue weighted by molar-refractivity contribution is 0.239. The number of hydrogen-bond donors (Lipinski definition) is 2. The Bertz CT molecular complexity index is 688. The Labute approximate surface area is 148 Å². The molecule has 0 bridgehead atoms. The Morgan fingerprint density at radius 2 is 1.84 bits per heavy atom. The van der Waals surface area contributed by atoms with Gasteiger partial charge in [-0.05, 0) is 59.4 Å². The molecule has 0 spiro atoms. The molecule has 1 fully saturated rings. The van der Waals surface area contributed by atoms with Crippen LogP contribution in [0.15, 0.2) is 24.3 Å². The van der Waals surface area contributed by atoms with Gasteiger partial charge in [-0.3, -0.25) is 0 Å². The number of tetrazole rings is 1. The summed E-state index contributed by atoms with van der Waals surface area (Å²) in [5, 5.41) is 17.3. The zero-order valence-electron chi connectivity index (χ0n) is 14.9. The minimum Gasteiger partial charge on any atom is -0.338 e. The van der Waals surface area contributed by atoms with Crippen LogP contribution in [0.25, 0.3) is 11.4 Å². The van der Waals surface area contributed by atoms with Gasteiger partial charge < -0.3 is 10.6 Å². The summed E-state index contributed by atoms with van der Waals surface area (Å²) in [7, 11) is 1.79. The highest BCUT2D eigenvalue weighted by Crippen LogP contribution is 2.30. The maximum absolute atomic E-state index is 12.1. The quantitative estimate of drug-likeness (QED) is 0.874. The lowest BCUT2D eigenvalue weighted by Gasteiger charge is -2.27. The third-order valence-corrected chi connectivity index (χ3v) is 5.12. The minimum atomic E-state index is -0.148. The van der Waals surface area contributed by atoms with E-state index >= 15 is 0 Å². The van der Waals surface area contributed by atoms with Gasteiger partial charge in [0.15, 0.2) is 5.82 Å². The molecule has 1 aromatic heterocycles. The summed E-state index contributed by atoms with van der Waals surface area (Å²) in [6, 6.07) is 7.36. The van der Waals surface area contributed by atoms with E-state index in [1.807, 2.05) is 24.3 Å². The zero-order chi connectivity index (χ0) is 17.6. The fraction of sp³-hybridized carbons (Fsp3) is 0.556. The van der Waals surface area contributed by atoms with Crippen LogP contribution in [0.4, 0.5) is 10.5 Å². The first-order valence-electron chi connectivity index (χ1n) is 9.03. The monoisotopic (exact) mass is 342 g/mol. The van der Waals surface area contributed by atoms with E-state index in [0.717, 1.165) is 23.7 Å². The molecular formula is C18H26N6O. The minimum absolute atomic E-state index is 0.148. The lowest BCUT2D eigenvalue weighted by Crippen LogP contribution is -2.34. The number of urea groups is 1. The van der Waals surface area contributed by atoms with E-state index in [2.05, 4.69) is 33.1 Å². The van der Waals surface area contributed by atoms with Gasteiger partial charge in [0.05, 0.1) is 0 Å². The van der Waals surface area contributed by atoms with Crippen molar-refractivity contribution in [1.29, 1.82) is 0 Å². The Morgan fingerprint density at radius 3 is 2.44 bits per heavy atom. The van der Waals surface area contributed by atoms with Crippen molar-refractivity contribution in [1.82, 2.24) is 25.5 Å². The summed E-state index contributed by atoms with van der Waals surface area (Å²) in [5.41, 5.74) is 1.66. The highest BCUT2D eigenvalue weighted by molar-refractivity contribution is 5.89. The zero-order valence-corrected chi connectivity index (χ0v) is 14.9. The molecule has 1 heterocycles. The summed E-state index contributed by atoms with van der Waals surface area (Å²) in [6.45, 7) is 3.02. The molecule has 3 rings (SSSR count). The van der Waals surface area contributed by atoms with Crippen LogP contribution in [-0.4, -0.2) is 32.8 Å². The van der Waals surface area contributed by atoms with Gasteiger partial charge in [-0.2, -0.15) is 0 Å². The SMILES string of the molecule is CCC1CCC(CNC(=O)Nc2ccc(-c3nnnn3C)cc2)CC1. The van der Waals surface area contributed by atoms with Crippen LogP contribution in [0.3, 0.4) is 0 Å². The van der Waals surface area contributed by atoms with Crippen molar-refractivity contribution in [2.24, 2.45) is 18.9 Å². The molecule has 7 heteroatoms. The molecule has 1 aromatic carbocycles. The van der Waals surface area contributed by atoms with E-state index in [1.165, 1.54) is 32.1 Å². The number of aromatic nitrogens is 4. The molecule has 134 valence electrons. The van der Waals surface area contributed by atoms with Crippen molar-refractivity contribution in [3.05, 3.63) is 24.3 Å². The third kappa shape index (κ3) is 4.55. The number of aryl methyl sites for hydroxylation is 1. The number of carbonyl (C=O) groups excluding carboxylic acids is 1. The van der Waals surface area contributed by atoms with Gasteiger partial charge in [-0.1, -0.05) is 26.2 Å². The van der Waals surface area contributed by atoms with Crippen molar-refractivity contribution < 1.29 is 4.79 Å². The molecule has 0 radical (unpaired) electrons. The third-order valence-electron chi connectivity index (χ3n) is 5.12.